The van der Waals surface area contributed by atoms with E-state index in [1.165, 1.54) is 135 Å². The van der Waals surface area contributed by atoms with Gasteiger partial charge in [0.15, 0.2) is 6.29 Å². The third kappa shape index (κ3) is 29.5. The zero-order valence-corrected chi connectivity index (χ0v) is 35.4. The molecule has 1 fully saturated rings. The number of aliphatic hydroxyl groups is 4. The second-order valence-electron chi connectivity index (χ2n) is 15.9. The Labute approximate surface area is 337 Å². The van der Waals surface area contributed by atoms with E-state index >= 15 is 0 Å². The summed E-state index contributed by atoms with van der Waals surface area (Å²) in [7, 11) is 0. The number of hydrogen-bond acceptors (Lipinski definition) is 9. The van der Waals surface area contributed by atoms with Crippen LogP contribution in [0.4, 0.5) is 0 Å². The fourth-order valence-corrected chi connectivity index (χ4v) is 6.99. The highest BCUT2D eigenvalue weighted by Gasteiger charge is 2.44. The van der Waals surface area contributed by atoms with E-state index < -0.39 is 43.4 Å². The van der Waals surface area contributed by atoms with Gasteiger partial charge in [-0.3, -0.25) is 4.79 Å². The van der Waals surface area contributed by atoms with Crippen LogP contribution in [0, 0.1) is 0 Å². The maximum absolute atomic E-state index is 12.8. The van der Waals surface area contributed by atoms with Gasteiger partial charge in [0, 0.05) is 13.0 Å². The van der Waals surface area contributed by atoms with Gasteiger partial charge in [-0.2, -0.15) is 0 Å². The van der Waals surface area contributed by atoms with E-state index in [0.717, 1.165) is 44.9 Å². The molecule has 324 valence electrons. The maximum atomic E-state index is 12.8. The van der Waals surface area contributed by atoms with Crippen LogP contribution in [0.3, 0.4) is 0 Å². The standard InChI is InChI=1S/C46H86O9/c1-3-5-7-9-11-13-15-17-19-20-21-22-23-25-27-29-31-33-35-42(48)54-40(39-53-46-45(51)44(50)43(49)41(37-47)55-46)38-52-36-34-32-30-28-26-24-18-16-14-12-10-8-6-4-2/h13,15,19-20,40-41,43-47,49-51H,3-12,14,16-18,21-39H2,1-2H3/b15-13-,20-19-. The van der Waals surface area contributed by atoms with E-state index in [1.54, 1.807) is 0 Å². The molecule has 1 heterocycles. The highest BCUT2D eigenvalue weighted by Crippen LogP contribution is 2.22. The number of ether oxygens (including phenoxy) is 4. The maximum Gasteiger partial charge on any atom is 0.306 e. The lowest BCUT2D eigenvalue weighted by molar-refractivity contribution is -0.305. The molecule has 6 unspecified atom stereocenters. The Morgan fingerprint density at radius 1 is 0.582 bits per heavy atom. The number of hydrogen-bond donors (Lipinski definition) is 4. The number of aliphatic hydroxyl groups excluding tert-OH is 4. The Morgan fingerprint density at radius 3 is 1.58 bits per heavy atom. The van der Waals surface area contributed by atoms with Crippen LogP contribution in [-0.4, -0.2) is 89.6 Å². The second-order valence-corrected chi connectivity index (χ2v) is 15.9. The average molecular weight is 783 g/mol. The predicted molar refractivity (Wildman–Crippen MR) is 224 cm³/mol. The summed E-state index contributed by atoms with van der Waals surface area (Å²) in [5.41, 5.74) is 0. The summed E-state index contributed by atoms with van der Waals surface area (Å²) < 4.78 is 22.8. The normalized spacial score (nSPS) is 20.9. The van der Waals surface area contributed by atoms with Crippen LogP contribution in [-0.2, 0) is 23.7 Å². The monoisotopic (exact) mass is 783 g/mol. The van der Waals surface area contributed by atoms with Gasteiger partial charge in [-0.1, -0.05) is 173 Å². The van der Waals surface area contributed by atoms with Crippen molar-refractivity contribution in [3.8, 4) is 0 Å². The summed E-state index contributed by atoms with van der Waals surface area (Å²) in [5, 5.41) is 40.1. The first-order chi connectivity index (χ1) is 26.9. The molecule has 6 atom stereocenters. The lowest BCUT2D eigenvalue weighted by Crippen LogP contribution is -2.59. The summed E-state index contributed by atoms with van der Waals surface area (Å²) in [4.78, 5) is 12.8. The molecule has 0 aromatic rings. The number of unbranched alkanes of at least 4 members (excludes halogenated alkanes) is 24. The molecule has 4 N–H and O–H groups in total. The summed E-state index contributed by atoms with van der Waals surface area (Å²) in [6.07, 6.45) is 36.2. The van der Waals surface area contributed by atoms with Gasteiger partial charge in [0.25, 0.3) is 0 Å². The smallest absolute Gasteiger partial charge is 0.306 e. The van der Waals surface area contributed by atoms with Crippen LogP contribution in [0.5, 0.6) is 0 Å². The molecule has 0 bridgehead atoms. The minimum absolute atomic E-state index is 0.113. The second kappa shape index (κ2) is 38.2. The van der Waals surface area contributed by atoms with Gasteiger partial charge in [0.05, 0.1) is 19.8 Å². The molecule has 0 aromatic heterocycles. The van der Waals surface area contributed by atoms with Crippen LogP contribution in [0.15, 0.2) is 24.3 Å². The van der Waals surface area contributed by atoms with Crippen LogP contribution in [0.2, 0.25) is 0 Å². The Balaban J connectivity index is 2.26. The largest absolute Gasteiger partial charge is 0.457 e. The molecule has 0 radical (unpaired) electrons. The van der Waals surface area contributed by atoms with Crippen LogP contribution >= 0.6 is 0 Å². The molecular weight excluding hydrogens is 696 g/mol. The minimum atomic E-state index is -1.53. The average Bonchev–Trinajstić information content (AvgIpc) is 3.18. The fraction of sp³-hybridized carbons (Fsp3) is 0.891. The van der Waals surface area contributed by atoms with Crippen molar-refractivity contribution in [2.75, 3.05) is 26.4 Å². The van der Waals surface area contributed by atoms with Crippen molar-refractivity contribution in [1.82, 2.24) is 0 Å². The van der Waals surface area contributed by atoms with Crippen LogP contribution in [0.1, 0.15) is 200 Å². The summed E-state index contributed by atoms with van der Waals surface area (Å²) in [6, 6.07) is 0. The van der Waals surface area contributed by atoms with E-state index in [2.05, 4.69) is 38.2 Å². The SMILES string of the molecule is CCCCCC/C=C\C/C=C\CCCCCCCCCC(=O)OC(COCCCCCCCCCCCCCCCC)COC1OC(CO)C(O)C(O)C1O. The van der Waals surface area contributed by atoms with Crippen molar-refractivity contribution in [1.29, 1.82) is 0 Å². The zero-order chi connectivity index (χ0) is 40.0. The molecule has 55 heavy (non-hydrogen) atoms. The van der Waals surface area contributed by atoms with Gasteiger partial charge in [-0.05, 0) is 44.9 Å². The van der Waals surface area contributed by atoms with Crippen LogP contribution in [0.25, 0.3) is 0 Å². The Kier molecular flexibility index (Phi) is 35.9. The third-order valence-electron chi connectivity index (χ3n) is 10.6. The van der Waals surface area contributed by atoms with Gasteiger partial charge in [0.2, 0.25) is 0 Å². The number of rotatable bonds is 39. The first-order valence-corrected chi connectivity index (χ1v) is 22.9. The lowest BCUT2D eigenvalue weighted by atomic mass is 9.99. The number of esters is 1. The molecule has 1 aliphatic heterocycles. The first-order valence-electron chi connectivity index (χ1n) is 22.9. The van der Waals surface area contributed by atoms with Crippen LogP contribution < -0.4 is 0 Å². The number of allylic oxidation sites excluding steroid dienone is 4. The Morgan fingerprint density at radius 2 is 1.05 bits per heavy atom. The highest BCUT2D eigenvalue weighted by molar-refractivity contribution is 5.69. The highest BCUT2D eigenvalue weighted by atomic mass is 16.7. The number of carbonyl (C=O) groups is 1. The molecule has 0 spiro atoms. The Hall–Kier alpha value is -1.33. The van der Waals surface area contributed by atoms with Crippen molar-refractivity contribution in [3.63, 3.8) is 0 Å². The van der Waals surface area contributed by atoms with Gasteiger partial charge in [-0.25, -0.2) is 0 Å². The van der Waals surface area contributed by atoms with Gasteiger partial charge in [-0.15, -0.1) is 0 Å². The lowest BCUT2D eigenvalue weighted by Gasteiger charge is -2.39. The third-order valence-corrected chi connectivity index (χ3v) is 10.6. The van der Waals surface area contributed by atoms with Crippen molar-refractivity contribution < 1.29 is 44.2 Å². The fourth-order valence-electron chi connectivity index (χ4n) is 6.99. The molecule has 1 saturated heterocycles. The quantitative estimate of drug-likeness (QED) is 0.0273. The molecule has 1 rings (SSSR count). The Bertz CT molecular complexity index is 895. The number of carbonyl (C=O) groups excluding carboxylic acids is 1. The van der Waals surface area contributed by atoms with E-state index in [-0.39, 0.29) is 19.2 Å². The molecule has 0 aromatic carbocycles. The van der Waals surface area contributed by atoms with Gasteiger partial charge < -0.3 is 39.4 Å². The predicted octanol–water partition coefficient (Wildman–Crippen LogP) is 10.2. The van der Waals surface area contributed by atoms with E-state index in [1.807, 2.05) is 0 Å². The molecule has 0 amide bonds. The van der Waals surface area contributed by atoms with E-state index in [0.29, 0.717) is 13.0 Å². The molecule has 0 saturated carbocycles. The minimum Gasteiger partial charge on any atom is -0.457 e. The van der Waals surface area contributed by atoms with Gasteiger partial charge >= 0.3 is 5.97 Å². The summed E-state index contributed by atoms with van der Waals surface area (Å²) >= 11 is 0. The van der Waals surface area contributed by atoms with Crippen molar-refractivity contribution in [3.05, 3.63) is 24.3 Å². The van der Waals surface area contributed by atoms with Gasteiger partial charge in [0.1, 0.15) is 30.5 Å². The molecule has 9 heteroatoms. The zero-order valence-electron chi connectivity index (χ0n) is 35.4. The van der Waals surface area contributed by atoms with Crippen molar-refractivity contribution in [2.45, 2.75) is 237 Å². The van der Waals surface area contributed by atoms with E-state index in [4.69, 9.17) is 18.9 Å². The summed E-state index contributed by atoms with van der Waals surface area (Å²) in [5.74, 6) is -0.319. The summed E-state index contributed by atoms with van der Waals surface area (Å²) in [6.45, 7) is 4.56. The molecule has 0 aliphatic carbocycles. The van der Waals surface area contributed by atoms with E-state index in [9.17, 15) is 25.2 Å². The topological polar surface area (TPSA) is 135 Å². The van der Waals surface area contributed by atoms with Crippen molar-refractivity contribution in [2.24, 2.45) is 0 Å². The molecule has 9 nitrogen and oxygen atoms in total. The molecule has 1 aliphatic rings. The molecular formula is C46H86O9. The first kappa shape index (κ1) is 51.7. The van der Waals surface area contributed by atoms with Crippen molar-refractivity contribution >= 4 is 5.97 Å².